The van der Waals surface area contributed by atoms with Crippen molar-refractivity contribution in [1.82, 2.24) is 9.62 Å². The van der Waals surface area contributed by atoms with Gasteiger partial charge in [0.05, 0.1) is 18.8 Å². The molecule has 1 aliphatic heterocycles. The number of likely N-dealkylation sites (tertiary alicyclic amines) is 1. The maximum atomic E-state index is 14.0. The maximum absolute atomic E-state index is 14.0. The summed E-state index contributed by atoms with van der Waals surface area (Å²) in [5.74, 6) is -0.903. The topological polar surface area (TPSA) is 41.6 Å². The van der Waals surface area contributed by atoms with E-state index in [0.717, 1.165) is 45.1 Å². The molecule has 1 aromatic rings. The summed E-state index contributed by atoms with van der Waals surface area (Å²) in [6.07, 6.45) is 7.10. The number of hydrogen-bond acceptors (Lipinski definition) is 4. The molecule has 28 heavy (non-hydrogen) atoms. The maximum Gasteiger partial charge on any atom is 0.219 e. The van der Waals surface area contributed by atoms with Gasteiger partial charge >= 0.3 is 0 Å². The Bertz CT molecular complexity index is 646. The third-order valence-electron chi connectivity index (χ3n) is 6.04. The second kappa shape index (κ2) is 10.0. The monoisotopic (exact) mass is 412 g/mol. The first-order chi connectivity index (χ1) is 13.5. The first-order valence-corrected chi connectivity index (χ1v) is 11.3. The van der Waals surface area contributed by atoms with E-state index in [-0.39, 0.29) is 35.6 Å². The van der Waals surface area contributed by atoms with E-state index in [0.29, 0.717) is 6.61 Å². The zero-order valence-electron chi connectivity index (χ0n) is 16.6. The van der Waals surface area contributed by atoms with Crippen LogP contribution in [0.4, 0.5) is 8.78 Å². The number of carbonyl (C=O) groups excluding carboxylic acids is 1. The number of benzene rings is 1. The lowest BCUT2D eigenvalue weighted by Crippen LogP contribution is -2.56. The van der Waals surface area contributed by atoms with Crippen molar-refractivity contribution in [3.63, 3.8) is 0 Å². The van der Waals surface area contributed by atoms with Crippen LogP contribution in [0.2, 0.25) is 0 Å². The Hall–Kier alpha value is -1.18. The van der Waals surface area contributed by atoms with E-state index in [2.05, 4.69) is 4.72 Å². The van der Waals surface area contributed by atoms with Gasteiger partial charge in [-0.2, -0.15) is 0 Å². The van der Waals surface area contributed by atoms with Crippen LogP contribution >= 0.6 is 11.9 Å². The SMILES string of the molecule is CSNC1CCCN(C(C)=O)C1COC1CCC(c2c(F)cccc2F)CC1. The summed E-state index contributed by atoms with van der Waals surface area (Å²) < 4.78 is 37.7. The van der Waals surface area contributed by atoms with Gasteiger partial charge in [-0.05, 0) is 62.8 Å². The van der Waals surface area contributed by atoms with Crippen LogP contribution in [0.25, 0.3) is 0 Å². The van der Waals surface area contributed by atoms with Gasteiger partial charge in [-0.1, -0.05) is 18.0 Å². The largest absolute Gasteiger partial charge is 0.376 e. The molecule has 1 aliphatic carbocycles. The molecule has 1 N–H and O–H groups in total. The summed E-state index contributed by atoms with van der Waals surface area (Å²) in [5, 5.41) is 0. The molecule has 0 aromatic heterocycles. The van der Waals surface area contributed by atoms with Gasteiger partial charge in [-0.15, -0.1) is 0 Å². The summed E-state index contributed by atoms with van der Waals surface area (Å²) in [5.41, 5.74) is 0.222. The van der Waals surface area contributed by atoms with E-state index in [9.17, 15) is 13.6 Å². The predicted molar refractivity (Wildman–Crippen MR) is 108 cm³/mol. The van der Waals surface area contributed by atoms with Crippen molar-refractivity contribution in [3.05, 3.63) is 35.4 Å². The van der Waals surface area contributed by atoms with Crippen LogP contribution in [0.5, 0.6) is 0 Å². The zero-order valence-corrected chi connectivity index (χ0v) is 17.4. The van der Waals surface area contributed by atoms with Gasteiger partial charge in [-0.25, -0.2) is 8.78 Å². The summed E-state index contributed by atoms with van der Waals surface area (Å²) in [6.45, 7) is 2.89. The molecule has 2 aliphatic rings. The first kappa shape index (κ1) is 21.5. The molecule has 156 valence electrons. The Morgan fingerprint density at radius 3 is 2.50 bits per heavy atom. The van der Waals surface area contributed by atoms with Gasteiger partial charge in [0.25, 0.3) is 0 Å². The van der Waals surface area contributed by atoms with Gasteiger partial charge in [0.2, 0.25) is 5.91 Å². The molecule has 1 amide bonds. The Labute approximate surface area is 170 Å². The average molecular weight is 413 g/mol. The van der Waals surface area contributed by atoms with Crippen molar-refractivity contribution in [3.8, 4) is 0 Å². The number of nitrogens with zero attached hydrogens (tertiary/aromatic N) is 1. The minimum atomic E-state index is -0.449. The van der Waals surface area contributed by atoms with Crippen LogP contribution in [0, 0.1) is 11.6 Å². The molecule has 3 rings (SSSR count). The molecule has 1 heterocycles. The van der Waals surface area contributed by atoms with E-state index >= 15 is 0 Å². The van der Waals surface area contributed by atoms with Crippen LogP contribution in [-0.4, -0.2) is 48.4 Å². The fraction of sp³-hybridized carbons (Fsp3) is 0.667. The molecule has 2 unspecified atom stereocenters. The molecule has 0 spiro atoms. The highest BCUT2D eigenvalue weighted by molar-refractivity contribution is 7.96. The number of amides is 1. The van der Waals surface area contributed by atoms with Crippen LogP contribution < -0.4 is 4.72 Å². The van der Waals surface area contributed by atoms with Crippen molar-refractivity contribution in [1.29, 1.82) is 0 Å². The fourth-order valence-corrected chi connectivity index (χ4v) is 5.17. The molecule has 1 saturated heterocycles. The highest BCUT2D eigenvalue weighted by atomic mass is 32.2. The van der Waals surface area contributed by atoms with Crippen LogP contribution in [-0.2, 0) is 9.53 Å². The lowest BCUT2D eigenvalue weighted by atomic mass is 9.82. The third-order valence-corrected chi connectivity index (χ3v) is 6.58. The second-order valence-electron chi connectivity index (χ2n) is 7.79. The molecule has 0 radical (unpaired) electrons. The molecule has 2 atom stereocenters. The van der Waals surface area contributed by atoms with Crippen molar-refractivity contribution in [2.24, 2.45) is 0 Å². The Kier molecular flexibility index (Phi) is 7.71. The number of halogens is 2. The fourth-order valence-electron chi connectivity index (χ4n) is 4.60. The van der Waals surface area contributed by atoms with Crippen molar-refractivity contribution in [2.75, 3.05) is 19.4 Å². The van der Waals surface area contributed by atoms with Gasteiger partial charge in [0, 0.05) is 25.1 Å². The number of nitrogens with one attached hydrogen (secondary N) is 1. The minimum Gasteiger partial charge on any atom is -0.376 e. The summed E-state index contributed by atoms with van der Waals surface area (Å²) in [7, 11) is 0. The number of hydrogen-bond donors (Lipinski definition) is 1. The number of rotatable bonds is 6. The normalized spacial score (nSPS) is 28.4. The predicted octanol–water partition coefficient (Wildman–Crippen LogP) is 4.25. The second-order valence-corrected chi connectivity index (χ2v) is 8.44. The van der Waals surface area contributed by atoms with Gasteiger partial charge in [0.1, 0.15) is 11.6 Å². The zero-order chi connectivity index (χ0) is 20.1. The number of ether oxygens (including phenoxy) is 1. The molecular formula is C21H30F2N2O2S. The third kappa shape index (κ3) is 5.05. The average Bonchev–Trinajstić information content (AvgIpc) is 2.68. The standard InChI is InChI=1S/C21H30F2N2O2S/c1-14(26)25-12-4-7-19(24-28-2)20(25)13-27-16-10-8-15(9-11-16)21-17(22)5-3-6-18(21)23/h3,5-6,15-16,19-20,24H,4,7-13H2,1-2H3. The van der Waals surface area contributed by atoms with E-state index in [1.165, 1.54) is 18.2 Å². The first-order valence-electron chi connectivity index (χ1n) is 10.1. The Morgan fingerprint density at radius 2 is 1.89 bits per heavy atom. The van der Waals surface area contributed by atoms with Crippen molar-refractivity contribution < 1.29 is 18.3 Å². The van der Waals surface area contributed by atoms with E-state index < -0.39 is 11.6 Å². The van der Waals surface area contributed by atoms with Gasteiger partial charge in [-0.3, -0.25) is 9.52 Å². The molecule has 0 bridgehead atoms. The van der Waals surface area contributed by atoms with E-state index in [1.54, 1.807) is 18.9 Å². The smallest absolute Gasteiger partial charge is 0.219 e. The molecule has 1 aromatic carbocycles. The summed E-state index contributed by atoms with van der Waals surface area (Å²) in [4.78, 5) is 14.0. The lowest BCUT2D eigenvalue weighted by molar-refractivity contribution is -0.136. The number of carbonyl (C=O) groups is 1. The molecule has 4 nitrogen and oxygen atoms in total. The van der Waals surface area contributed by atoms with Crippen LogP contribution in [0.1, 0.15) is 56.9 Å². The summed E-state index contributed by atoms with van der Waals surface area (Å²) in [6, 6.07) is 4.32. The quantitative estimate of drug-likeness (QED) is 0.709. The Balaban J connectivity index is 1.55. The molecule has 7 heteroatoms. The van der Waals surface area contributed by atoms with E-state index in [4.69, 9.17) is 4.74 Å². The van der Waals surface area contributed by atoms with Crippen LogP contribution in [0.15, 0.2) is 18.2 Å². The van der Waals surface area contributed by atoms with Gasteiger partial charge < -0.3 is 9.64 Å². The lowest BCUT2D eigenvalue weighted by Gasteiger charge is -2.41. The van der Waals surface area contributed by atoms with Crippen molar-refractivity contribution in [2.45, 2.75) is 69.6 Å². The molecular weight excluding hydrogens is 382 g/mol. The van der Waals surface area contributed by atoms with Crippen LogP contribution in [0.3, 0.4) is 0 Å². The summed E-state index contributed by atoms with van der Waals surface area (Å²) >= 11 is 1.57. The minimum absolute atomic E-state index is 0.0282. The number of piperidine rings is 1. The van der Waals surface area contributed by atoms with Crippen molar-refractivity contribution >= 4 is 17.9 Å². The van der Waals surface area contributed by atoms with E-state index in [1.807, 2.05) is 11.2 Å². The molecule has 1 saturated carbocycles. The Morgan fingerprint density at radius 1 is 1.21 bits per heavy atom. The highest BCUT2D eigenvalue weighted by Crippen LogP contribution is 2.36. The molecule has 2 fully saturated rings. The van der Waals surface area contributed by atoms with Gasteiger partial charge in [0.15, 0.2) is 0 Å². The highest BCUT2D eigenvalue weighted by Gasteiger charge is 2.34.